The fraction of sp³-hybridized carbons (Fsp3) is 0. The molecule has 0 radical (unpaired) electrons. The zero-order valence-corrected chi connectivity index (χ0v) is 11.0. The average Bonchev–Trinajstić information content (AvgIpc) is 2.53. The summed E-state index contributed by atoms with van der Waals surface area (Å²) in [6.07, 6.45) is 0. The van der Waals surface area contributed by atoms with Crippen LogP contribution in [0, 0.1) is 0 Å². The maximum absolute atomic E-state index is 4.71. The molecule has 3 aromatic carbocycles. The third-order valence-corrected chi connectivity index (χ3v) is 3.62. The van der Waals surface area contributed by atoms with Crippen LogP contribution in [-0.4, -0.2) is 4.98 Å². The van der Waals surface area contributed by atoms with Crippen LogP contribution in [0.3, 0.4) is 0 Å². The lowest BCUT2D eigenvalue weighted by Gasteiger charge is -2.05. The van der Waals surface area contributed by atoms with Crippen molar-refractivity contribution in [3.8, 4) is 11.1 Å². The minimum atomic E-state index is 1.04. The van der Waals surface area contributed by atoms with Gasteiger partial charge in [0, 0.05) is 10.8 Å². The van der Waals surface area contributed by atoms with Gasteiger partial charge in [-0.15, -0.1) is 0 Å². The van der Waals surface area contributed by atoms with Gasteiger partial charge in [-0.05, 0) is 35.4 Å². The highest BCUT2D eigenvalue weighted by molar-refractivity contribution is 5.94. The Hall–Kier alpha value is -2.67. The van der Waals surface area contributed by atoms with Crippen molar-refractivity contribution in [2.24, 2.45) is 0 Å². The van der Waals surface area contributed by atoms with E-state index in [4.69, 9.17) is 4.98 Å². The van der Waals surface area contributed by atoms with E-state index in [1.165, 1.54) is 21.9 Å². The second kappa shape index (κ2) is 4.46. The van der Waals surface area contributed by atoms with Gasteiger partial charge in [-0.2, -0.15) is 0 Å². The number of nitrogens with zero attached hydrogens (tertiary/aromatic N) is 1. The molecule has 1 heteroatoms. The van der Waals surface area contributed by atoms with Crippen LogP contribution in [0.15, 0.2) is 78.9 Å². The van der Waals surface area contributed by atoms with E-state index in [9.17, 15) is 0 Å². The molecule has 1 aromatic heterocycles. The SMILES string of the molecule is c1ccc(-c2ccc3nc4ccccc4cc3c2)cc1. The lowest BCUT2D eigenvalue weighted by molar-refractivity contribution is 1.49. The summed E-state index contributed by atoms with van der Waals surface area (Å²) in [6, 6.07) is 27.4. The van der Waals surface area contributed by atoms with Crippen molar-refractivity contribution in [3.05, 3.63) is 78.9 Å². The van der Waals surface area contributed by atoms with E-state index in [1.54, 1.807) is 0 Å². The molecule has 94 valence electrons. The third-order valence-electron chi connectivity index (χ3n) is 3.62. The molecule has 4 rings (SSSR count). The molecule has 0 fully saturated rings. The predicted molar refractivity (Wildman–Crippen MR) is 84.7 cm³/mol. The monoisotopic (exact) mass is 255 g/mol. The number of para-hydroxylation sites is 1. The van der Waals surface area contributed by atoms with Crippen molar-refractivity contribution in [2.45, 2.75) is 0 Å². The van der Waals surface area contributed by atoms with E-state index in [0.29, 0.717) is 0 Å². The van der Waals surface area contributed by atoms with E-state index in [0.717, 1.165) is 11.0 Å². The maximum atomic E-state index is 4.71. The number of benzene rings is 3. The molecular weight excluding hydrogens is 242 g/mol. The summed E-state index contributed by atoms with van der Waals surface area (Å²) < 4.78 is 0. The van der Waals surface area contributed by atoms with Gasteiger partial charge in [0.05, 0.1) is 11.0 Å². The lowest BCUT2D eigenvalue weighted by atomic mass is 10.0. The van der Waals surface area contributed by atoms with Crippen LogP contribution in [0.1, 0.15) is 0 Å². The van der Waals surface area contributed by atoms with Gasteiger partial charge in [-0.1, -0.05) is 54.6 Å². The fourth-order valence-electron chi connectivity index (χ4n) is 2.59. The Morgan fingerprint density at radius 2 is 1.25 bits per heavy atom. The summed E-state index contributed by atoms with van der Waals surface area (Å²) in [5.41, 5.74) is 4.56. The van der Waals surface area contributed by atoms with Crippen molar-refractivity contribution >= 4 is 21.8 Å². The number of hydrogen-bond acceptors (Lipinski definition) is 1. The van der Waals surface area contributed by atoms with Crippen molar-refractivity contribution in [3.63, 3.8) is 0 Å². The van der Waals surface area contributed by atoms with Gasteiger partial charge in [0.25, 0.3) is 0 Å². The maximum Gasteiger partial charge on any atom is 0.0710 e. The van der Waals surface area contributed by atoms with Crippen molar-refractivity contribution in [2.75, 3.05) is 0 Å². The standard InChI is InChI=1S/C19H13N/c1-2-6-14(7-3-1)15-10-11-19-17(12-15)13-16-8-4-5-9-18(16)20-19/h1-13H. The highest BCUT2D eigenvalue weighted by Gasteiger charge is 2.02. The molecule has 1 nitrogen and oxygen atoms in total. The second-order valence-corrected chi connectivity index (χ2v) is 4.95. The molecule has 4 aromatic rings. The second-order valence-electron chi connectivity index (χ2n) is 4.95. The van der Waals surface area contributed by atoms with Crippen molar-refractivity contribution < 1.29 is 0 Å². The first-order valence-corrected chi connectivity index (χ1v) is 6.75. The van der Waals surface area contributed by atoms with E-state index >= 15 is 0 Å². The zero-order valence-electron chi connectivity index (χ0n) is 11.0. The first-order valence-electron chi connectivity index (χ1n) is 6.75. The van der Waals surface area contributed by atoms with Crippen LogP contribution in [-0.2, 0) is 0 Å². The summed E-state index contributed by atoms with van der Waals surface area (Å²) in [5.74, 6) is 0. The van der Waals surface area contributed by atoms with Crippen LogP contribution in [0.4, 0.5) is 0 Å². The van der Waals surface area contributed by atoms with E-state index < -0.39 is 0 Å². The molecule has 0 bridgehead atoms. The van der Waals surface area contributed by atoms with Crippen LogP contribution < -0.4 is 0 Å². The van der Waals surface area contributed by atoms with E-state index in [-0.39, 0.29) is 0 Å². The zero-order chi connectivity index (χ0) is 13.4. The van der Waals surface area contributed by atoms with Gasteiger partial charge in [0.15, 0.2) is 0 Å². The molecule has 0 aliphatic heterocycles. The summed E-state index contributed by atoms with van der Waals surface area (Å²) in [4.78, 5) is 4.71. The van der Waals surface area contributed by atoms with E-state index in [1.807, 2.05) is 12.1 Å². The van der Waals surface area contributed by atoms with Crippen LogP contribution in [0.25, 0.3) is 32.9 Å². The molecule has 0 spiro atoms. The van der Waals surface area contributed by atoms with Gasteiger partial charge in [0.1, 0.15) is 0 Å². The first-order chi connectivity index (χ1) is 9.90. The Labute approximate surface area is 117 Å². The topological polar surface area (TPSA) is 12.9 Å². The quantitative estimate of drug-likeness (QED) is 0.433. The highest BCUT2D eigenvalue weighted by Crippen LogP contribution is 2.25. The lowest BCUT2D eigenvalue weighted by Crippen LogP contribution is -1.83. The minimum absolute atomic E-state index is 1.04. The Bertz CT molecular complexity index is 895. The molecule has 0 saturated carbocycles. The van der Waals surface area contributed by atoms with Gasteiger partial charge in [0.2, 0.25) is 0 Å². The summed E-state index contributed by atoms with van der Waals surface area (Å²) in [5, 5.41) is 2.37. The minimum Gasteiger partial charge on any atom is -0.248 e. The largest absolute Gasteiger partial charge is 0.248 e. The van der Waals surface area contributed by atoms with E-state index in [2.05, 4.69) is 66.7 Å². The molecular formula is C19H13N. The third kappa shape index (κ3) is 1.84. The molecule has 0 N–H and O–H groups in total. The van der Waals surface area contributed by atoms with Crippen LogP contribution in [0.5, 0.6) is 0 Å². The highest BCUT2D eigenvalue weighted by atomic mass is 14.7. The van der Waals surface area contributed by atoms with Crippen molar-refractivity contribution in [1.29, 1.82) is 0 Å². The Morgan fingerprint density at radius 3 is 2.15 bits per heavy atom. The molecule has 1 heterocycles. The Morgan fingerprint density at radius 1 is 0.500 bits per heavy atom. The smallest absolute Gasteiger partial charge is 0.0710 e. The Balaban J connectivity index is 1.97. The molecule has 0 aliphatic rings. The summed E-state index contributed by atoms with van der Waals surface area (Å²) >= 11 is 0. The normalized spacial score (nSPS) is 11.0. The molecule has 0 atom stereocenters. The number of pyridine rings is 1. The number of hydrogen-bond donors (Lipinski definition) is 0. The van der Waals surface area contributed by atoms with Gasteiger partial charge < -0.3 is 0 Å². The van der Waals surface area contributed by atoms with Gasteiger partial charge in [-0.3, -0.25) is 0 Å². The summed E-state index contributed by atoms with van der Waals surface area (Å²) in [6.45, 7) is 0. The molecule has 0 saturated heterocycles. The molecule has 0 amide bonds. The molecule has 0 unspecified atom stereocenters. The number of fused-ring (bicyclic) bond motifs is 2. The van der Waals surface area contributed by atoms with Gasteiger partial charge >= 0.3 is 0 Å². The van der Waals surface area contributed by atoms with Crippen molar-refractivity contribution in [1.82, 2.24) is 4.98 Å². The first kappa shape index (κ1) is 11.2. The molecule has 0 aliphatic carbocycles. The fourth-order valence-corrected chi connectivity index (χ4v) is 2.59. The predicted octanol–water partition coefficient (Wildman–Crippen LogP) is 5.06. The Kier molecular flexibility index (Phi) is 2.49. The van der Waals surface area contributed by atoms with Crippen LogP contribution in [0.2, 0.25) is 0 Å². The van der Waals surface area contributed by atoms with Gasteiger partial charge in [-0.25, -0.2) is 4.98 Å². The van der Waals surface area contributed by atoms with Crippen LogP contribution >= 0.6 is 0 Å². The number of rotatable bonds is 1. The summed E-state index contributed by atoms with van der Waals surface area (Å²) in [7, 11) is 0. The molecule has 20 heavy (non-hydrogen) atoms. The average molecular weight is 255 g/mol. The number of aromatic nitrogens is 1.